The number of nitrogens with one attached hydrogen (secondary N) is 2. The van der Waals surface area contributed by atoms with E-state index in [9.17, 15) is 4.79 Å². The summed E-state index contributed by atoms with van der Waals surface area (Å²) >= 11 is 0. The molecule has 16 heavy (non-hydrogen) atoms. The third-order valence-electron chi connectivity index (χ3n) is 2.97. The van der Waals surface area contributed by atoms with Crippen molar-refractivity contribution in [2.24, 2.45) is 4.99 Å². The van der Waals surface area contributed by atoms with E-state index in [1.165, 1.54) is 5.56 Å². The predicted molar refractivity (Wildman–Crippen MR) is 63.3 cm³/mol. The van der Waals surface area contributed by atoms with Crippen LogP contribution in [0.1, 0.15) is 22.7 Å². The monoisotopic (exact) mass is 217 g/mol. The summed E-state index contributed by atoms with van der Waals surface area (Å²) in [5.41, 5.74) is 3.35. The van der Waals surface area contributed by atoms with E-state index in [-0.39, 0.29) is 11.9 Å². The number of carbonyl (C=O) groups excluding carboxylic acids is 1. The van der Waals surface area contributed by atoms with Crippen molar-refractivity contribution in [3.05, 3.63) is 34.9 Å². The fourth-order valence-corrected chi connectivity index (χ4v) is 1.85. The Bertz CT molecular complexity index is 465. The number of rotatable bonds is 1. The van der Waals surface area contributed by atoms with Gasteiger partial charge in [-0.1, -0.05) is 18.2 Å². The maximum atomic E-state index is 11.8. The quantitative estimate of drug-likeness (QED) is 0.738. The van der Waals surface area contributed by atoms with Crippen LogP contribution in [0.25, 0.3) is 0 Å². The summed E-state index contributed by atoms with van der Waals surface area (Å²) in [4.78, 5) is 15.7. The van der Waals surface area contributed by atoms with E-state index in [4.69, 9.17) is 0 Å². The molecule has 1 aliphatic heterocycles. The topological polar surface area (TPSA) is 53.5 Å². The lowest BCUT2D eigenvalue weighted by Crippen LogP contribution is -2.24. The highest BCUT2D eigenvalue weighted by molar-refractivity contribution is 6.06. The molecule has 0 aliphatic carbocycles. The maximum absolute atomic E-state index is 11.8. The molecule has 1 saturated heterocycles. The molecule has 1 aromatic rings. The lowest BCUT2D eigenvalue weighted by atomic mass is 9.98. The molecule has 2 rings (SSSR count). The van der Waals surface area contributed by atoms with Gasteiger partial charge in [-0.25, -0.2) is 0 Å². The highest BCUT2D eigenvalue weighted by Crippen LogP contribution is 2.22. The van der Waals surface area contributed by atoms with Crippen LogP contribution in [0.4, 0.5) is 0 Å². The number of amides is 1. The van der Waals surface area contributed by atoms with Gasteiger partial charge in [-0.05, 0) is 30.5 Å². The summed E-state index contributed by atoms with van der Waals surface area (Å²) < 4.78 is 0. The first-order chi connectivity index (χ1) is 7.63. The molecule has 4 nitrogen and oxygen atoms in total. The zero-order valence-electron chi connectivity index (χ0n) is 9.66. The number of aliphatic imine (C=N–C) groups is 1. The number of carbonyl (C=O) groups is 1. The molecule has 1 atom stereocenters. The van der Waals surface area contributed by atoms with Crippen molar-refractivity contribution < 1.29 is 4.79 Å². The first-order valence-corrected chi connectivity index (χ1v) is 5.23. The van der Waals surface area contributed by atoms with Gasteiger partial charge < -0.3 is 5.32 Å². The van der Waals surface area contributed by atoms with E-state index in [0.29, 0.717) is 5.96 Å². The summed E-state index contributed by atoms with van der Waals surface area (Å²) in [5, 5.41) is 5.76. The molecule has 1 amide bonds. The van der Waals surface area contributed by atoms with Crippen molar-refractivity contribution in [3.63, 3.8) is 0 Å². The van der Waals surface area contributed by atoms with Gasteiger partial charge in [0.15, 0.2) is 5.96 Å². The molecule has 84 valence electrons. The van der Waals surface area contributed by atoms with Gasteiger partial charge in [0.25, 0.3) is 5.91 Å². The summed E-state index contributed by atoms with van der Waals surface area (Å²) in [6.07, 6.45) is 0. The van der Waals surface area contributed by atoms with Crippen LogP contribution >= 0.6 is 0 Å². The Morgan fingerprint density at radius 1 is 1.31 bits per heavy atom. The molecule has 1 unspecified atom stereocenters. The molecule has 0 radical (unpaired) electrons. The van der Waals surface area contributed by atoms with Gasteiger partial charge >= 0.3 is 0 Å². The van der Waals surface area contributed by atoms with Crippen LogP contribution in [0.3, 0.4) is 0 Å². The number of benzene rings is 1. The number of hydrogen-bond acceptors (Lipinski definition) is 2. The van der Waals surface area contributed by atoms with E-state index in [2.05, 4.69) is 15.6 Å². The van der Waals surface area contributed by atoms with Gasteiger partial charge in [0, 0.05) is 7.05 Å². The van der Waals surface area contributed by atoms with Gasteiger partial charge in [0.1, 0.15) is 6.04 Å². The molecular weight excluding hydrogens is 202 g/mol. The van der Waals surface area contributed by atoms with Crippen LogP contribution in [-0.2, 0) is 4.79 Å². The molecule has 1 fully saturated rings. The first kappa shape index (κ1) is 10.7. The van der Waals surface area contributed by atoms with Crippen molar-refractivity contribution in [1.29, 1.82) is 0 Å². The smallest absolute Gasteiger partial charge is 0.253 e. The number of guanidine groups is 1. The zero-order chi connectivity index (χ0) is 11.7. The average molecular weight is 217 g/mol. The normalized spacial score (nSPS) is 22.1. The van der Waals surface area contributed by atoms with Crippen LogP contribution in [0.15, 0.2) is 23.2 Å². The maximum Gasteiger partial charge on any atom is 0.253 e. The van der Waals surface area contributed by atoms with Crippen LogP contribution < -0.4 is 10.6 Å². The lowest BCUT2D eigenvalue weighted by Gasteiger charge is -2.13. The molecule has 1 aliphatic rings. The van der Waals surface area contributed by atoms with Gasteiger partial charge in [-0.2, -0.15) is 0 Å². The third kappa shape index (κ3) is 1.66. The second-order valence-corrected chi connectivity index (χ2v) is 3.93. The van der Waals surface area contributed by atoms with Gasteiger partial charge in [0.05, 0.1) is 0 Å². The van der Waals surface area contributed by atoms with Gasteiger partial charge in [-0.3, -0.25) is 15.1 Å². The standard InChI is InChI=1S/C12H15N3O/c1-7-5-4-6-9(8(7)2)10-11(16)15-12(13-3)14-10/h4-6,10H,1-3H3,(H2,13,14,15,16). The molecule has 4 heteroatoms. The Labute approximate surface area is 94.8 Å². The van der Waals surface area contributed by atoms with E-state index in [1.807, 2.05) is 32.0 Å². The summed E-state index contributed by atoms with van der Waals surface area (Å²) in [6, 6.07) is 5.66. The van der Waals surface area contributed by atoms with Crippen LogP contribution in [0.5, 0.6) is 0 Å². The Hall–Kier alpha value is -1.84. The van der Waals surface area contributed by atoms with E-state index < -0.39 is 0 Å². The Morgan fingerprint density at radius 2 is 2.06 bits per heavy atom. The summed E-state index contributed by atoms with van der Waals surface area (Å²) in [5.74, 6) is 0.491. The van der Waals surface area contributed by atoms with Gasteiger partial charge in [0.2, 0.25) is 0 Å². The van der Waals surface area contributed by atoms with Crippen molar-refractivity contribution in [2.75, 3.05) is 7.05 Å². The van der Waals surface area contributed by atoms with Crippen molar-refractivity contribution >= 4 is 11.9 Å². The highest BCUT2D eigenvalue weighted by atomic mass is 16.2. The number of hydrogen-bond donors (Lipinski definition) is 2. The summed E-state index contributed by atoms with van der Waals surface area (Å²) in [6.45, 7) is 4.07. The van der Waals surface area contributed by atoms with Crippen LogP contribution in [-0.4, -0.2) is 18.9 Å². The number of nitrogens with zero attached hydrogens (tertiary/aromatic N) is 1. The van der Waals surface area contributed by atoms with Crippen LogP contribution in [0, 0.1) is 13.8 Å². The molecule has 0 bridgehead atoms. The van der Waals surface area contributed by atoms with Crippen molar-refractivity contribution in [2.45, 2.75) is 19.9 Å². The van der Waals surface area contributed by atoms with E-state index in [1.54, 1.807) is 7.05 Å². The minimum atomic E-state index is -0.321. The SMILES string of the molecule is CN=C1NC(=O)C(c2cccc(C)c2C)N1. The van der Waals surface area contributed by atoms with Crippen molar-refractivity contribution in [1.82, 2.24) is 10.6 Å². The lowest BCUT2D eigenvalue weighted by molar-refractivity contribution is -0.120. The average Bonchev–Trinajstić information content (AvgIpc) is 2.64. The summed E-state index contributed by atoms with van der Waals surface area (Å²) in [7, 11) is 1.65. The van der Waals surface area contributed by atoms with Gasteiger partial charge in [-0.15, -0.1) is 0 Å². The molecule has 0 aromatic heterocycles. The molecule has 0 spiro atoms. The fraction of sp³-hybridized carbons (Fsp3) is 0.333. The van der Waals surface area contributed by atoms with E-state index >= 15 is 0 Å². The first-order valence-electron chi connectivity index (χ1n) is 5.23. The second-order valence-electron chi connectivity index (χ2n) is 3.93. The second kappa shape index (κ2) is 3.96. The van der Waals surface area contributed by atoms with Crippen molar-refractivity contribution in [3.8, 4) is 0 Å². The zero-order valence-corrected chi connectivity index (χ0v) is 9.66. The molecule has 2 N–H and O–H groups in total. The molecule has 1 heterocycles. The van der Waals surface area contributed by atoms with E-state index in [0.717, 1.165) is 11.1 Å². The Morgan fingerprint density at radius 3 is 2.69 bits per heavy atom. The Kier molecular flexibility index (Phi) is 2.64. The highest BCUT2D eigenvalue weighted by Gasteiger charge is 2.30. The third-order valence-corrected chi connectivity index (χ3v) is 2.97. The molecule has 0 saturated carbocycles. The Balaban J connectivity index is 2.39. The fourth-order valence-electron chi connectivity index (χ4n) is 1.85. The van der Waals surface area contributed by atoms with Crippen LogP contribution in [0.2, 0.25) is 0 Å². The predicted octanol–water partition coefficient (Wildman–Crippen LogP) is 1.05. The molecular formula is C12H15N3O. The minimum Gasteiger partial charge on any atom is -0.340 e. The molecule has 1 aromatic carbocycles. The minimum absolute atomic E-state index is 0.0469. The largest absolute Gasteiger partial charge is 0.340 e. The number of aryl methyl sites for hydroxylation is 1.